The highest BCUT2D eigenvalue weighted by molar-refractivity contribution is 6.02. The number of aryl methyl sites for hydroxylation is 1. The fourth-order valence-corrected chi connectivity index (χ4v) is 5.06. The van der Waals surface area contributed by atoms with E-state index in [1.54, 1.807) is 0 Å². The van der Waals surface area contributed by atoms with E-state index >= 15 is 0 Å². The third kappa shape index (κ3) is 5.32. The number of likely N-dealkylation sites (tertiary alicyclic amines) is 1. The summed E-state index contributed by atoms with van der Waals surface area (Å²) in [5.41, 5.74) is 4.10. The minimum absolute atomic E-state index is 0.0155. The number of amides is 4. The molecule has 0 bridgehead atoms. The number of nitrogens with zero attached hydrogens (tertiary/aromatic N) is 3. The summed E-state index contributed by atoms with van der Waals surface area (Å²) in [5, 5.41) is 5.99. The number of rotatable bonds is 5. The average molecular weight is 490 g/mol. The molecule has 0 aromatic heterocycles. The van der Waals surface area contributed by atoms with Crippen molar-refractivity contribution in [2.75, 3.05) is 54.8 Å². The lowest BCUT2D eigenvalue weighted by atomic mass is 9.85. The average Bonchev–Trinajstić information content (AvgIpc) is 3.39. The molecule has 36 heavy (non-hydrogen) atoms. The molecule has 1 saturated carbocycles. The summed E-state index contributed by atoms with van der Waals surface area (Å²) in [7, 11) is 0. The Morgan fingerprint density at radius 1 is 0.750 bits per heavy atom. The van der Waals surface area contributed by atoms with Crippen molar-refractivity contribution in [2.24, 2.45) is 5.92 Å². The molecule has 2 N–H and O–H groups in total. The maximum absolute atomic E-state index is 13.5. The van der Waals surface area contributed by atoms with E-state index < -0.39 is 0 Å². The van der Waals surface area contributed by atoms with E-state index in [2.05, 4.69) is 15.5 Å². The van der Waals surface area contributed by atoms with Crippen molar-refractivity contribution in [1.82, 2.24) is 9.80 Å². The normalized spacial score (nSPS) is 18.1. The fraction of sp³-hybridized carbons (Fsp3) is 0.464. The second-order valence-corrected chi connectivity index (χ2v) is 10.1. The zero-order chi connectivity index (χ0) is 25.1. The first-order valence-corrected chi connectivity index (χ1v) is 13.1. The second-order valence-electron chi connectivity index (χ2n) is 10.1. The van der Waals surface area contributed by atoms with Crippen molar-refractivity contribution < 1.29 is 14.4 Å². The number of hydrogen-bond donors (Lipinski definition) is 2. The van der Waals surface area contributed by atoms with Crippen molar-refractivity contribution >= 4 is 34.9 Å². The molecule has 2 heterocycles. The number of benzene rings is 2. The zero-order valence-electron chi connectivity index (χ0n) is 21.0. The van der Waals surface area contributed by atoms with E-state index in [-0.39, 0.29) is 23.8 Å². The SMILES string of the molecule is Cc1ccc(NC(=O)N2CCN(c3ccc(NC(=O)C4CCC4)cc3C(=O)N3CCCC3)CC2)cc1. The molecule has 4 amide bonds. The quantitative estimate of drug-likeness (QED) is 0.655. The number of nitrogens with one attached hydrogen (secondary N) is 2. The van der Waals surface area contributed by atoms with Gasteiger partial charge in [-0.05, 0) is 62.9 Å². The highest BCUT2D eigenvalue weighted by atomic mass is 16.2. The molecule has 2 aromatic carbocycles. The Bertz CT molecular complexity index is 1110. The number of piperazine rings is 1. The third-order valence-electron chi connectivity index (χ3n) is 7.57. The molecule has 0 atom stereocenters. The predicted molar refractivity (Wildman–Crippen MR) is 142 cm³/mol. The molecular weight excluding hydrogens is 454 g/mol. The van der Waals surface area contributed by atoms with Crippen LogP contribution in [0.2, 0.25) is 0 Å². The number of carbonyl (C=O) groups excluding carboxylic acids is 3. The molecule has 5 rings (SSSR count). The van der Waals surface area contributed by atoms with Gasteiger partial charge in [0.05, 0.1) is 5.56 Å². The monoisotopic (exact) mass is 489 g/mol. The topological polar surface area (TPSA) is 85.0 Å². The van der Waals surface area contributed by atoms with Gasteiger partial charge in [-0.25, -0.2) is 4.79 Å². The van der Waals surface area contributed by atoms with Crippen LogP contribution < -0.4 is 15.5 Å². The van der Waals surface area contributed by atoms with Crippen LogP contribution in [0, 0.1) is 12.8 Å². The first kappa shape index (κ1) is 24.2. The van der Waals surface area contributed by atoms with E-state index in [1.807, 2.05) is 59.2 Å². The van der Waals surface area contributed by atoms with Crippen molar-refractivity contribution in [3.8, 4) is 0 Å². The lowest BCUT2D eigenvalue weighted by Crippen LogP contribution is -2.50. The molecule has 0 spiro atoms. The van der Waals surface area contributed by atoms with Crippen LogP contribution in [0.15, 0.2) is 42.5 Å². The summed E-state index contributed by atoms with van der Waals surface area (Å²) in [6.07, 6.45) is 5.02. The summed E-state index contributed by atoms with van der Waals surface area (Å²) >= 11 is 0. The Labute approximate surface area is 212 Å². The first-order chi connectivity index (χ1) is 17.5. The van der Waals surface area contributed by atoms with Gasteiger partial charge in [0.25, 0.3) is 5.91 Å². The molecule has 8 heteroatoms. The maximum atomic E-state index is 13.5. The third-order valence-corrected chi connectivity index (χ3v) is 7.57. The molecular formula is C28H35N5O3. The van der Waals surface area contributed by atoms with Gasteiger partial charge in [-0.1, -0.05) is 24.1 Å². The highest BCUT2D eigenvalue weighted by Crippen LogP contribution is 2.31. The van der Waals surface area contributed by atoms with Crippen LogP contribution >= 0.6 is 0 Å². The molecule has 1 aliphatic carbocycles. The van der Waals surface area contributed by atoms with E-state index in [0.717, 1.165) is 62.1 Å². The molecule has 2 aliphatic heterocycles. The summed E-state index contributed by atoms with van der Waals surface area (Å²) < 4.78 is 0. The Kier molecular flexibility index (Phi) is 7.11. The van der Waals surface area contributed by atoms with E-state index in [0.29, 0.717) is 37.4 Å². The van der Waals surface area contributed by atoms with Crippen LogP contribution in [0.4, 0.5) is 21.9 Å². The number of urea groups is 1. The van der Waals surface area contributed by atoms with Gasteiger partial charge in [-0.3, -0.25) is 9.59 Å². The standard InChI is InChI=1S/C28H35N5O3/c1-20-7-9-22(10-8-20)30-28(36)33-17-15-31(16-18-33)25-12-11-23(29-26(34)21-5-4-6-21)19-24(25)27(35)32-13-2-3-14-32/h7-12,19,21H,2-6,13-18H2,1H3,(H,29,34)(H,30,36). The number of carbonyl (C=O) groups is 3. The van der Waals surface area contributed by atoms with E-state index in [4.69, 9.17) is 0 Å². The van der Waals surface area contributed by atoms with Crippen LogP contribution in [0.3, 0.4) is 0 Å². The van der Waals surface area contributed by atoms with Crippen molar-refractivity contribution in [1.29, 1.82) is 0 Å². The fourth-order valence-electron chi connectivity index (χ4n) is 5.06. The van der Waals surface area contributed by atoms with Crippen molar-refractivity contribution in [2.45, 2.75) is 39.0 Å². The Morgan fingerprint density at radius 3 is 2.06 bits per heavy atom. The molecule has 3 aliphatic rings. The minimum atomic E-state index is -0.110. The van der Waals surface area contributed by atoms with Gasteiger partial charge < -0.3 is 25.3 Å². The number of hydrogen-bond acceptors (Lipinski definition) is 4. The molecule has 3 fully saturated rings. The van der Waals surface area contributed by atoms with Gasteiger partial charge in [0, 0.05) is 62.2 Å². The summed E-state index contributed by atoms with van der Waals surface area (Å²) in [4.78, 5) is 44.6. The lowest BCUT2D eigenvalue weighted by Gasteiger charge is -2.37. The van der Waals surface area contributed by atoms with Gasteiger partial charge in [0.1, 0.15) is 0 Å². The maximum Gasteiger partial charge on any atom is 0.321 e. The van der Waals surface area contributed by atoms with E-state index in [9.17, 15) is 14.4 Å². The molecule has 8 nitrogen and oxygen atoms in total. The first-order valence-electron chi connectivity index (χ1n) is 13.1. The van der Waals surface area contributed by atoms with Crippen LogP contribution in [0.1, 0.15) is 48.0 Å². The van der Waals surface area contributed by atoms with Crippen molar-refractivity contribution in [3.05, 3.63) is 53.6 Å². The van der Waals surface area contributed by atoms with Gasteiger partial charge in [-0.2, -0.15) is 0 Å². The largest absolute Gasteiger partial charge is 0.367 e. The van der Waals surface area contributed by atoms with Crippen LogP contribution in [-0.2, 0) is 4.79 Å². The van der Waals surface area contributed by atoms with Gasteiger partial charge in [-0.15, -0.1) is 0 Å². The highest BCUT2D eigenvalue weighted by Gasteiger charge is 2.29. The summed E-state index contributed by atoms with van der Waals surface area (Å²) in [5.74, 6) is 0.144. The summed E-state index contributed by atoms with van der Waals surface area (Å²) in [6, 6.07) is 13.3. The smallest absolute Gasteiger partial charge is 0.321 e. The Hall–Kier alpha value is -3.55. The molecule has 0 unspecified atom stereocenters. The molecule has 2 aromatic rings. The zero-order valence-corrected chi connectivity index (χ0v) is 21.0. The summed E-state index contributed by atoms with van der Waals surface area (Å²) in [6.45, 7) is 5.95. The number of anilines is 3. The van der Waals surface area contributed by atoms with E-state index in [1.165, 1.54) is 0 Å². The van der Waals surface area contributed by atoms with Crippen LogP contribution in [-0.4, -0.2) is 66.9 Å². The van der Waals surface area contributed by atoms with Gasteiger partial charge in [0.15, 0.2) is 0 Å². The van der Waals surface area contributed by atoms with Crippen LogP contribution in [0.5, 0.6) is 0 Å². The van der Waals surface area contributed by atoms with Gasteiger partial charge in [0.2, 0.25) is 5.91 Å². The second kappa shape index (κ2) is 10.6. The van der Waals surface area contributed by atoms with Crippen LogP contribution in [0.25, 0.3) is 0 Å². The Morgan fingerprint density at radius 2 is 1.42 bits per heavy atom. The molecule has 2 saturated heterocycles. The Balaban J connectivity index is 1.28. The lowest BCUT2D eigenvalue weighted by molar-refractivity contribution is -0.122. The molecule has 190 valence electrons. The van der Waals surface area contributed by atoms with Crippen molar-refractivity contribution in [3.63, 3.8) is 0 Å². The minimum Gasteiger partial charge on any atom is -0.367 e. The predicted octanol–water partition coefficient (Wildman–Crippen LogP) is 4.32. The van der Waals surface area contributed by atoms with Gasteiger partial charge >= 0.3 is 6.03 Å². The molecule has 0 radical (unpaired) electrons.